The van der Waals surface area contributed by atoms with Gasteiger partial charge in [-0.05, 0) is 18.2 Å². The van der Waals surface area contributed by atoms with Crippen molar-refractivity contribution in [2.24, 2.45) is 0 Å². The Labute approximate surface area is 122 Å². The van der Waals surface area contributed by atoms with Crippen LogP contribution in [0.2, 0.25) is 5.02 Å². The van der Waals surface area contributed by atoms with Gasteiger partial charge in [-0.15, -0.1) is 0 Å². The van der Waals surface area contributed by atoms with Crippen molar-refractivity contribution in [2.75, 3.05) is 5.73 Å². The molecule has 4 nitrogen and oxygen atoms in total. The third-order valence-corrected chi connectivity index (χ3v) is 3.06. The van der Waals surface area contributed by atoms with Crippen LogP contribution < -0.4 is 5.73 Å². The smallest absolute Gasteiger partial charge is 0.433 e. The third kappa shape index (κ3) is 2.71. The van der Waals surface area contributed by atoms with Gasteiger partial charge in [-0.25, -0.2) is 0 Å². The SMILES string of the molecule is N#Cc1cc(C(F)(F)F)ncc1-c1c(Cl)ccc(N)c1O. The Hall–Kier alpha value is -2.46. The Morgan fingerprint density at radius 2 is 2.00 bits per heavy atom. The van der Waals surface area contributed by atoms with Gasteiger partial charge in [0.05, 0.1) is 22.3 Å². The lowest BCUT2D eigenvalue weighted by atomic mass is 10.00. The molecular weight excluding hydrogens is 307 g/mol. The lowest BCUT2D eigenvalue weighted by Crippen LogP contribution is -2.08. The maximum Gasteiger partial charge on any atom is 0.433 e. The Morgan fingerprint density at radius 1 is 1.33 bits per heavy atom. The monoisotopic (exact) mass is 313 g/mol. The molecule has 0 atom stereocenters. The minimum absolute atomic E-state index is 0.0156. The number of aromatic nitrogens is 1. The Kier molecular flexibility index (Phi) is 3.66. The number of phenols is 1. The molecule has 3 N–H and O–H groups in total. The average molecular weight is 314 g/mol. The zero-order chi connectivity index (χ0) is 15.8. The number of nitrogens with zero attached hydrogens (tertiary/aromatic N) is 2. The summed E-state index contributed by atoms with van der Waals surface area (Å²) >= 11 is 5.92. The van der Waals surface area contributed by atoms with Crippen LogP contribution in [-0.2, 0) is 6.18 Å². The number of aromatic hydroxyl groups is 1. The summed E-state index contributed by atoms with van der Waals surface area (Å²) in [5.74, 6) is -0.416. The lowest BCUT2D eigenvalue weighted by molar-refractivity contribution is -0.141. The van der Waals surface area contributed by atoms with E-state index in [1.165, 1.54) is 12.1 Å². The average Bonchev–Trinajstić information content (AvgIpc) is 2.42. The molecule has 0 unspecified atom stereocenters. The summed E-state index contributed by atoms with van der Waals surface area (Å²) in [5.41, 5.74) is 3.92. The van der Waals surface area contributed by atoms with Crippen molar-refractivity contribution < 1.29 is 18.3 Å². The second-order valence-electron chi connectivity index (χ2n) is 4.08. The molecule has 2 aromatic rings. The number of hydrogen-bond donors (Lipinski definition) is 2. The van der Waals surface area contributed by atoms with Crippen molar-refractivity contribution >= 4 is 17.3 Å². The molecule has 0 spiro atoms. The van der Waals surface area contributed by atoms with E-state index in [2.05, 4.69) is 4.98 Å². The fraction of sp³-hybridized carbons (Fsp3) is 0.0769. The molecule has 0 saturated carbocycles. The van der Waals surface area contributed by atoms with Crippen LogP contribution in [0.4, 0.5) is 18.9 Å². The van der Waals surface area contributed by atoms with Crippen LogP contribution in [0.1, 0.15) is 11.3 Å². The maximum atomic E-state index is 12.6. The van der Waals surface area contributed by atoms with E-state index in [1.54, 1.807) is 6.07 Å². The summed E-state index contributed by atoms with van der Waals surface area (Å²) in [6, 6.07) is 4.93. The molecule has 0 aliphatic rings. The number of pyridine rings is 1. The van der Waals surface area contributed by atoms with E-state index in [4.69, 9.17) is 22.6 Å². The first-order valence-electron chi connectivity index (χ1n) is 5.50. The van der Waals surface area contributed by atoms with Crippen molar-refractivity contribution in [2.45, 2.75) is 6.18 Å². The predicted molar refractivity (Wildman–Crippen MR) is 70.5 cm³/mol. The van der Waals surface area contributed by atoms with Crippen LogP contribution in [0.15, 0.2) is 24.4 Å². The van der Waals surface area contributed by atoms with Gasteiger partial charge >= 0.3 is 6.18 Å². The predicted octanol–water partition coefficient (Wildman–Crippen LogP) is 3.58. The summed E-state index contributed by atoms with van der Waals surface area (Å²) in [6.45, 7) is 0. The molecule has 0 aliphatic carbocycles. The van der Waals surface area contributed by atoms with E-state index < -0.39 is 17.6 Å². The first-order chi connectivity index (χ1) is 9.75. The van der Waals surface area contributed by atoms with E-state index in [1.807, 2.05) is 0 Å². The van der Waals surface area contributed by atoms with Gasteiger partial charge < -0.3 is 10.8 Å². The molecule has 1 aromatic heterocycles. The summed E-state index contributed by atoms with van der Waals surface area (Å²) in [4.78, 5) is 3.26. The molecule has 8 heteroatoms. The number of anilines is 1. The molecule has 0 fully saturated rings. The van der Waals surface area contributed by atoms with Gasteiger partial charge in [0.2, 0.25) is 0 Å². The van der Waals surface area contributed by atoms with Gasteiger partial charge in [-0.2, -0.15) is 18.4 Å². The van der Waals surface area contributed by atoms with Gasteiger partial charge in [-0.3, -0.25) is 4.98 Å². The van der Waals surface area contributed by atoms with E-state index in [9.17, 15) is 18.3 Å². The molecule has 0 amide bonds. The summed E-state index contributed by atoms with van der Waals surface area (Å²) in [6.07, 6.45) is -3.84. The minimum Gasteiger partial charge on any atom is -0.505 e. The number of nitrogen functional groups attached to an aromatic ring is 1. The maximum absolute atomic E-state index is 12.6. The van der Waals surface area contributed by atoms with E-state index >= 15 is 0 Å². The lowest BCUT2D eigenvalue weighted by Gasteiger charge is -2.12. The number of hydrogen-bond acceptors (Lipinski definition) is 4. The molecule has 108 valence electrons. The van der Waals surface area contributed by atoms with E-state index in [0.717, 1.165) is 6.20 Å². The van der Waals surface area contributed by atoms with Crippen molar-refractivity contribution in [3.05, 3.63) is 40.7 Å². The van der Waals surface area contributed by atoms with Gasteiger partial charge in [0, 0.05) is 17.3 Å². The highest BCUT2D eigenvalue weighted by Crippen LogP contribution is 2.41. The van der Waals surface area contributed by atoms with E-state index in [0.29, 0.717) is 6.07 Å². The quantitative estimate of drug-likeness (QED) is 0.622. The molecule has 0 bridgehead atoms. The van der Waals surface area contributed by atoms with Crippen LogP contribution in [0.3, 0.4) is 0 Å². The number of rotatable bonds is 1. The zero-order valence-electron chi connectivity index (χ0n) is 10.2. The highest BCUT2D eigenvalue weighted by atomic mass is 35.5. The molecule has 21 heavy (non-hydrogen) atoms. The standard InChI is InChI=1S/C13H7ClF3N3O/c14-8-1-2-9(19)12(21)11(8)7-5-20-10(13(15,16)17)3-6(7)4-18/h1-3,5,21H,19H2. The molecule has 1 aromatic carbocycles. The van der Waals surface area contributed by atoms with Crippen molar-refractivity contribution in [3.8, 4) is 22.9 Å². The highest BCUT2D eigenvalue weighted by molar-refractivity contribution is 6.34. The number of benzene rings is 1. The molecule has 0 saturated heterocycles. The topological polar surface area (TPSA) is 82.9 Å². The third-order valence-electron chi connectivity index (χ3n) is 2.74. The van der Waals surface area contributed by atoms with Crippen LogP contribution in [-0.4, -0.2) is 10.1 Å². The molecule has 2 rings (SSSR count). The van der Waals surface area contributed by atoms with Crippen molar-refractivity contribution in [1.82, 2.24) is 4.98 Å². The second kappa shape index (κ2) is 5.14. The fourth-order valence-electron chi connectivity index (χ4n) is 1.74. The van der Waals surface area contributed by atoms with E-state index in [-0.39, 0.29) is 27.4 Å². The number of alkyl halides is 3. The number of phenolic OH excluding ortho intramolecular Hbond substituents is 1. The van der Waals surface area contributed by atoms with Crippen LogP contribution >= 0.6 is 11.6 Å². The van der Waals surface area contributed by atoms with Gasteiger partial charge in [0.25, 0.3) is 0 Å². The zero-order valence-corrected chi connectivity index (χ0v) is 11.0. The first-order valence-corrected chi connectivity index (χ1v) is 5.88. The molecule has 0 aliphatic heterocycles. The van der Waals surface area contributed by atoms with Gasteiger partial charge in [0.15, 0.2) is 0 Å². The molecule has 1 heterocycles. The Bertz CT molecular complexity index is 754. The number of nitriles is 1. The summed E-state index contributed by atoms with van der Waals surface area (Å²) in [5, 5.41) is 19.0. The molecular formula is C13H7ClF3N3O. The normalized spacial score (nSPS) is 11.2. The van der Waals surface area contributed by atoms with Crippen LogP contribution in [0, 0.1) is 11.3 Å². The fourth-order valence-corrected chi connectivity index (χ4v) is 2.00. The summed E-state index contributed by atoms with van der Waals surface area (Å²) in [7, 11) is 0. The van der Waals surface area contributed by atoms with Crippen molar-refractivity contribution in [3.63, 3.8) is 0 Å². The largest absolute Gasteiger partial charge is 0.505 e. The first kappa shape index (κ1) is 14.9. The van der Waals surface area contributed by atoms with Crippen LogP contribution in [0.5, 0.6) is 5.75 Å². The second-order valence-corrected chi connectivity index (χ2v) is 4.49. The molecule has 0 radical (unpaired) electrons. The van der Waals surface area contributed by atoms with Gasteiger partial charge in [0.1, 0.15) is 11.4 Å². The van der Waals surface area contributed by atoms with Crippen LogP contribution in [0.25, 0.3) is 11.1 Å². The van der Waals surface area contributed by atoms with Crippen molar-refractivity contribution in [1.29, 1.82) is 5.26 Å². The summed E-state index contributed by atoms with van der Waals surface area (Å²) < 4.78 is 37.8. The number of halogens is 4. The minimum atomic E-state index is -4.67. The van der Waals surface area contributed by atoms with Gasteiger partial charge in [-0.1, -0.05) is 11.6 Å². The highest BCUT2D eigenvalue weighted by Gasteiger charge is 2.33. The Morgan fingerprint density at radius 3 is 2.57 bits per heavy atom. The number of nitrogens with two attached hydrogens (primary N) is 1. The Balaban J connectivity index is 2.72.